The number of ether oxygens (including phenoxy) is 1. The molecule has 1 unspecified atom stereocenters. The van der Waals surface area contributed by atoms with E-state index < -0.39 is 0 Å². The van der Waals surface area contributed by atoms with E-state index in [0.29, 0.717) is 31.7 Å². The summed E-state index contributed by atoms with van der Waals surface area (Å²) in [4.78, 5) is 32.9. The summed E-state index contributed by atoms with van der Waals surface area (Å²) in [6.07, 6.45) is 2.55. The molecule has 0 radical (unpaired) electrons. The van der Waals surface area contributed by atoms with Crippen LogP contribution >= 0.6 is 31.8 Å². The smallest absolute Gasteiger partial charge is 0.253 e. The van der Waals surface area contributed by atoms with Crippen molar-refractivity contribution in [3.8, 4) is 11.3 Å². The Morgan fingerprint density at radius 3 is 2.73 bits per heavy atom. The molecule has 9 heteroatoms. The minimum atomic E-state index is -0.107. The summed E-state index contributed by atoms with van der Waals surface area (Å²) in [5.41, 5.74) is 5.47. The van der Waals surface area contributed by atoms with Gasteiger partial charge in [0.25, 0.3) is 5.91 Å². The van der Waals surface area contributed by atoms with Crippen LogP contribution in [0, 0.1) is 10.5 Å². The van der Waals surface area contributed by atoms with Crippen LogP contribution in [-0.2, 0) is 16.0 Å². The van der Waals surface area contributed by atoms with E-state index in [1.54, 1.807) is 25.9 Å². The molecule has 1 aromatic carbocycles. The van der Waals surface area contributed by atoms with Gasteiger partial charge in [0.15, 0.2) is 0 Å². The van der Waals surface area contributed by atoms with Gasteiger partial charge in [0.2, 0.25) is 5.91 Å². The molecule has 0 aliphatic carbocycles. The molecule has 2 atom stereocenters. The average Bonchev–Trinajstić information content (AvgIpc) is 3.09. The molecule has 174 valence electrons. The van der Waals surface area contributed by atoms with Crippen LogP contribution in [0.15, 0.2) is 30.5 Å². The van der Waals surface area contributed by atoms with Crippen molar-refractivity contribution in [3.63, 3.8) is 0 Å². The van der Waals surface area contributed by atoms with Crippen molar-refractivity contribution in [3.05, 3.63) is 50.9 Å². The number of benzene rings is 1. The molecule has 1 fully saturated rings. The van der Waals surface area contributed by atoms with E-state index in [1.807, 2.05) is 42.3 Å². The second-order valence-electron chi connectivity index (χ2n) is 8.61. The monoisotopic (exact) mass is 578 g/mol. The first kappa shape index (κ1) is 24.1. The van der Waals surface area contributed by atoms with Crippen LogP contribution < -0.4 is 5.30 Å². The zero-order valence-corrected chi connectivity index (χ0v) is 22.6. The summed E-state index contributed by atoms with van der Waals surface area (Å²) < 4.78 is 9.12. The van der Waals surface area contributed by atoms with Crippen LogP contribution in [0.3, 0.4) is 0 Å². The van der Waals surface area contributed by atoms with Crippen LogP contribution in [0.4, 0.5) is 0 Å². The molecule has 1 aliphatic rings. The number of carbonyl (C=O) groups excluding carboxylic acids is 2. The molecule has 0 N–H and O–H groups in total. The van der Waals surface area contributed by atoms with Gasteiger partial charge in [-0.25, -0.2) is 4.98 Å². The number of morpholine rings is 1. The highest BCUT2D eigenvalue weighted by Gasteiger charge is 2.27. The molecule has 7 nitrogen and oxygen atoms in total. The van der Waals surface area contributed by atoms with Gasteiger partial charge in [-0.2, -0.15) is 0 Å². The van der Waals surface area contributed by atoms with Gasteiger partial charge in [0.05, 0.1) is 24.1 Å². The van der Waals surface area contributed by atoms with E-state index in [9.17, 15) is 9.59 Å². The van der Waals surface area contributed by atoms with Crippen molar-refractivity contribution < 1.29 is 14.3 Å². The normalized spacial score (nSPS) is 16.3. The first-order valence-electron chi connectivity index (χ1n) is 10.8. The highest BCUT2D eigenvalue weighted by Crippen LogP contribution is 2.34. The Morgan fingerprint density at radius 2 is 2.06 bits per heavy atom. The maximum absolute atomic E-state index is 12.5. The Bertz CT molecular complexity index is 1220. The quantitative estimate of drug-likeness (QED) is 0.353. The van der Waals surface area contributed by atoms with E-state index in [-0.39, 0.29) is 17.9 Å². The Morgan fingerprint density at radius 1 is 1.30 bits per heavy atom. The number of halogens is 1. The third kappa shape index (κ3) is 4.93. The number of rotatable bonds is 4. The van der Waals surface area contributed by atoms with Crippen LogP contribution in [-0.4, -0.2) is 70.9 Å². The van der Waals surface area contributed by atoms with Crippen LogP contribution in [0.2, 0.25) is 0 Å². The third-order valence-electron chi connectivity index (χ3n) is 5.93. The fourth-order valence-electron chi connectivity index (χ4n) is 4.28. The predicted molar refractivity (Wildman–Crippen MR) is 141 cm³/mol. The van der Waals surface area contributed by atoms with Crippen molar-refractivity contribution in [2.24, 2.45) is 0 Å². The van der Waals surface area contributed by atoms with Gasteiger partial charge >= 0.3 is 0 Å². The standard InChI is InChI=1S/C24H28IN4O3P/c1-14-9-16(24(31)27(3)4)10-19(25)22(14)23-20(29-6-5-18(33)12-21(29)26-23)11-17-13-28(15(2)30)7-8-32-17/h5-6,9-10,12,17H,7-8,11,13,33H2,1-4H3/t17-/m0/s1. The number of amides is 2. The van der Waals surface area contributed by atoms with E-state index >= 15 is 0 Å². The molecule has 3 heterocycles. The second-order valence-corrected chi connectivity index (χ2v) is 10.4. The fourth-order valence-corrected chi connectivity index (χ4v) is 5.53. The van der Waals surface area contributed by atoms with Crippen molar-refractivity contribution in [2.45, 2.75) is 26.4 Å². The summed E-state index contributed by atoms with van der Waals surface area (Å²) in [7, 11) is 6.23. The summed E-state index contributed by atoms with van der Waals surface area (Å²) in [5, 5.41) is 1.06. The Balaban J connectivity index is 1.81. The highest BCUT2D eigenvalue weighted by molar-refractivity contribution is 14.1. The summed E-state index contributed by atoms with van der Waals surface area (Å²) in [6.45, 7) is 5.35. The fraction of sp³-hybridized carbons (Fsp3) is 0.375. The van der Waals surface area contributed by atoms with Gasteiger partial charge < -0.3 is 18.9 Å². The number of imidazole rings is 1. The largest absolute Gasteiger partial charge is 0.374 e. The predicted octanol–water partition coefficient (Wildman–Crippen LogP) is 2.91. The molecule has 2 aromatic heterocycles. The van der Waals surface area contributed by atoms with Crippen molar-refractivity contribution in [2.75, 3.05) is 33.8 Å². The Kier molecular flexibility index (Phi) is 7.07. The molecular formula is C24H28IN4O3P. The SMILES string of the molecule is CC(=O)N1CCO[C@@H](Cc2c(-c3c(C)cc(C(=O)N(C)C)cc3I)nc3cc(P)ccn23)C1. The summed E-state index contributed by atoms with van der Waals surface area (Å²) >= 11 is 2.29. The number of aryl methyl sites for hydroxylation is 1. The maximum Gasteiger partial charge on any atom is 0.253 e. The number of fused-ring (bicyclic) bond motifs is 1. The molecule has 0 bridgehead atoms. The Hall–Kier alpha value is -2.03. The van der Waals surface area contributed by atoms with Gasteiger partial charge in [0, 0.05) is 61.4 Å². The first-order valence-corrected chi connectivity index (χ1v) is 12.5. The van der Waals surface area contributed by atoms with Crippen LogP contribution in [0.25, 0.3) is 16.9 Å². The number of hydrogen-bond donors (Lipinski definition) is 0. The number of hydrogen-bond acceptors (Lipinski definition) is 4. The zero-order valence-electron chi connectivity index (χ0n) is 19.3. The third-order valence-corrected chi connectivity index (χ3v) is 7.14. The number of pyridine rings is 1. The molecule has 3 aromatic rings. The first-order chi connectivity index (χ1) is 15.7. The lowest BCUT2D eigenvalue weighted by atomic mass is 9.99. The number of nitrogens with zero attached hydrogens (tertiary/aromatic N) is 4. The zero-order chi connectivity index (χ0) is 23.9. The summed E-state index contributed by atoms with van der Waals surface area (Å²) in [6, 6.07) is 7.93. The molecule has 33 heavy (non-hydrogen) atoms. The molecule has 2 amide bonds. The molecule has 0 spiro atoms. The molecule has 0 saturated carbocycles. The molecule has 1 saturated heterocycles. The van der Waals surface area contributed by atoms with Gasteiger partial charge in [-0.1, -0.05) is 0 Å². The van der Waals surface area contributed by atoms with E-state index in [1.165, 1.54) is 0 Å². The van der Waals surface area contributed by atoms with Crippen LogP contribution in [0.5, 0.6) is 0 Å². The van der Waals surface area contributed by atoms with Crippen molar-refractivity contribution in [1.29, 1.82) is 0 Å². The van der Waals surface area contributed by atoms with E-state index in [4.69, 9.17) is 9.72 Å². The van der Waals surface area contributed by atoms with Crippen molar-refractivity contribution >= 4 is 54.6 Å². The number of carbonyl (C=O) groups is 2. The minimum absolute atomic E-state index is 0.0228. The summed E-state index contributed by atoms with van der Waals surface area (Å²) in [5.74, 6) is 0.0474. The Labute approximate surface area is 209 Å². The van der Waals surface area contributed by atoms with Gasteiger partial charge in [0.1, 0.15) is 5.65 Å². The lowest BCUT2D eigenvalue weighted by molar-refractivity contribution is -0.136. The lowest BCUT2D eigenvalue weighted by Crippen LogP contribution is -2.45. The molecule has 1 aliphatic heterocycles. The van der Waals surface area contributed by atoms with Crippen molar-refractivity contribution in [1.82, 2.24) is 19.2 Å². The van der Waals surface area contributed by atoms with Gasteiger partial charge in [-0.05, 0) is 64.6 Å². The topological polar surface area (TPSA) is 67.2 Å². The molecular weight excluding hydrogens is 550 g/mol. The second kappa shape index (κ2) is 9.68. The lowest BCUT2D eigenvalue weighted by Gasteiger charge is -2.32. The minimum Gasteiger partial charge on any atom is -0.374 e. The van der Waals surface area contributed by atoms with Gasteiger partial charge in [-0.3, -0.25) is 9.59 Å². The maximum atomic E-state index is 12.5. The highest BCUT2D eigenvalue weighted by atomic mass is 127. The molecule has 4 rings (SSSR count). The number of aromatic nitrogens is 2. The van der Waals surface area contributed by atoms with E-state index in [2.05, 4.69) is 36.2 Å². The van der Waals surface area contributed by atoms with Crippen LogP contribution in [0.1, 0.15) is 28.5 Å². The van der Waals surface area contributed by atoms with Gasteiger partial charge in [-0.15, -0.1) is 9.24 Å². The average molecular weight is 578 g/mol. The van der Waals surface area contributed by atoms with E-state index in [0.717, 1.165) is 37.0 Å².